The molecule has 0 unspecified atom stereocenters. The molecule has 1 aliphatic rings. The Bertz CT molecular complexity index is 242. The van der Waals surface area contributed by atoms with Gasteiger partial charge in [-0.2, -0.15) is 0 Å². The van der Waals surface area contributed by atoms with Crippen LogP contribution in [0.3, 0.4) is 0 Å². The van der Waals surface area contributed by atoms with Gasteiger partial charge < -0.3 is 10.4 Å². The quantitative estimate of drug-likeness (QED) is 0.665. The molecule has 1 rings (SSSR count). The largest absolute Gasteiger partial charge is 0.478 e. The van der Waals surface area contributed by atoms with Crippen LogP contribution < -0.4 is 5.32 Å². The van der Waals surface area contributed by atoms with E-state index in [0.29, 0.717) is 0 Å². The lowest BCUT2D eigenvalue weighted by Gasteiger charge is -2.21. The Morgan fingerprint density at radius 3 is 2.36 bits per heavy atom. The molecule has 0 atom stereocenters. The van der Waals surface area contributed by atoms with E-state index in [1.807, 2.05) is 0 Å². The Hall–Kier alpha value is -1.32. The molecule has 0 radical (unpaired) electrons. The summed E-state index contributed by atoms with van der Waals surface area (Å²) in [6.07, 6.45) is 7.47. The van der Waals surface area contributed by atoms with Crippen LogP contribution in [-0.4, -0.2) is 23.0 Å². The van der Waals surface area contributed by atoms with E-state index in [1.54, 1.807) is 0 Å². The second-order valence-electron chi connectivity index (χ2n) is 3.52. The lowest BCUT2D eigenvalue weighted by molar-refractivity contribution is -0.131. The molecule has 4 nitrogen and oxygen atoms in total. The number of carboxylic acids is 1. The monoisotopic (exact) mass is 197 g/mol. The molecule has 0 saturated heterocycles. The average Bonchev–Trinajstić information content (AvgIpc) is 2.16. The zero-order valence-electron chi connectivity index (χ0n) is 8.03. The first kappa shape index (κ1) is 10.8. The number of hydrogen-bond acceptors (Lipinski definition) is 2. The minimum atomic E-state index is -1.09. The van der Waals surface area contributed by atoms with Gasteiger partial charge in [-0.3, -0.25) is 4.79 Å². The Morgan fingerprint density at radius 2 is 1.79 bits per heavy atom. The van der Waals surface area contributed by atoms with Crippen molar-refractivity contribution >= 4 is 11.9 Å². The van der Waals surface area contributed by atoms with Gasteiger partial charge in [-0.1, -0.05) is 19.3 Å². The van der Waals surface area contributed by atoms with Gasteiger partial charge in [0.05, 0.1) is 0 Å². The van der Waals surface area contributed by atoms with Gasteiger partial charge >= 0.3 is 5.97 Å². The lowest BCUT2D eigenvalue weighted by Crippen LogP contribution is -2.35. The molecular formula is C10H15NO3. The standard InChI is InChI=1S/C10H15NO3/c12-9(6-7-10(13)14)11-8-4-2-1-3-5-8/h6-8H,1-5H2,(H,11,12)(H,13,14)/b7-6+. The highest BCUT2D eigenvalue weighted by molar-refractivity contribution is 5.93. The number of carbonyl (C=O) groups is 2. The highest BCUT2D eigenvalue weighted by atomic mass is 16.4. The predicted molar refractivity (Wildman–Crippen MR) is 51.8 cm³/mol. The third kappa shape index (κ3) is 4.07. The van der Waals surface area contributed by atoms with E-state index in [1.165, 1.54) is 6.42 Å². The maximum Gasteiger partial charge on any atom is 0.328 e. The fourth-order valence-electron chi connectivity index (χ4n) is 1.64. The molecule has 0 aromatic carbocycles. The smallest absolute Gasteiger partial charge is 0.328 e. The molecule has 1 saturated carbocycles. The van der Waals surface area contributed by atoms with Crippen molar-refractivity contribution in [3.63, 3.8) is 0 Å². The van der Waals surface area contributed by atoms with Crippen LogP contribution in [-0.2, 0) is 9.59 Å². The van der Waals surface area contributed by atoms with Crippen molar-refractivity contribution in [1.82, 2.24) is 5.32 Å². The minimum Gasteiger partial charge on any atom is -0.478 e. The van der Waals surface area contributed by atoms with E-state index >= 15 is 0 Å². The summed E-state index contributed by atoms with van der Waals surface area (Å²) in [5, 5.41) is 11.1. The van der Waals surface area contributed by atoms with Crippen molar-refractivity contribution in [3.05, 3.63) is 12.2 Å². The summed E-state index contributed by atoms with van der Waals surface area (Å²) in [6, 6.07) is 0.231. The Balaban J connectivity index is 2.28. The van der Waals surface area contributed by atoms with Gasteiger partial charge in [0, 0.05) is 18.2 Å². The lowest BCUT2D eigenvalue weighted by atomic mass is 9.95. The van der Waals surface area contributed by atoms with Gasteiger partial charge in [-0.25, -0.2) is 4.79 Å². The molecule has 1 aliphatic carbocycles. The highest BCUT2D eigenvalue weighted by Gasteiger charge is 2.14. The molecule has 0 spiro atoms. The van der Waals surface area contributed by atoms with E-state index in [0.717, 1.165) is 37.8 Å². The molecule has 2 N–H and O–H groups in total. The number of rotatable bonds is 3. The molecule has 0 aliphatic heterocycles. The highest BCUT2D eigenvalue weighted by Crippen LogP contribution is 2.17. The maximum absolute atomic E-state index is 11.2. The second-order valence-corrected chi connectivity index (χ2v) is 3.52. The minimum absolute atomic E-state index is 0.231. The van der Waals surface area contributed by atoms with E-state index < -0.39 is 5.97 Å². The summed E-state index contributed by atoms with van der Waals surface area (Å²) < 4.78 is 0. The number of carboxylic acid groups (broad SMARTS) is 1. The zero-order chi connectivity index (χ0) is 10.4. The summed E-state index contributed by atoms with van der Waals surface area (Å²) in [5.74, 6) is -1.40. The fourth-order valence-corrected chi connectivity index (χ4v) is 1.64. The number of amides is 1. The van der Waals surface area contributed by atoms with Crippen LogP contribution in [0, 0.1) is 0 Å². The predicted octanol–water partition coefficient (Wildman–Crippen LogP) is 1.08. The Morgan fingerprint density at radius 1 is 1.14 bits per heavy atom. The van der Waals surface area contributed by atoms with Crippen LogP contribution >= 0.6 is 0 Å². The van der Waals surface area contributed by atoms with Gasteiger partial charge in [-0.05, 0) is 12.8 Å². The molecular weight excluding hydrogens is 182 g/mol. The fraction of sp³-hybridized carbons (Fsp3) is 0.600. The topological polar surface area (TPSA) is 66.4 Å². The third-order valence-corrected chi connectivity index (χ3v) is 2.33. The summed E-state index contributed by atoms with van der Waals surface area (Å²) in [5.41, 5.74) is 0. The van der Waals surface area contributed by atoms with E-state index in [9.17, 15) is 9.59 Å². The molecule has 1 amide bonds. The van der Waals surface area contributed by atoms with E-state index in [-0.39, 0.29) is 11.9 Å². The normalized spacial score (nSPS) is 18.3. The molecule has 0 aromatic rings. The summed E-state index contributed by atoms with van der Waals surface area (Å²) in [6.45, 7) is 0. The maximum atomic E-state index is 11.2. The first-order valence-corrected chi connectivity index (χ1v) is 4.90. The van der Waals surface area contributed by atoms with Gasteiger partial charge in [-0.15, -0.1) is 0 Å². The molecule has 0 aromatic heterocycles. The van der Waals surface area contributed by atoms with Crippen molar-refractivity contribution in [2.24, 2.45) is 0 Å². The summed E-state index contributed by atoms with van der Waals surface area (Å²) in [7, 11) is 0. The number of hydrogen-bond donors (Lipinski definition) is 2. The Kier molecular flexibility index (Phi) is 4.16. The van der Waals surface area contributed by atoms with Crippen LogP contribution in [0.15, 0.2) is 12.2 Å². The van der Waals surface area contributed by atoms with E-state index in [2.05, 4.69) is 5.32 Å². The first-order chi connectivity index (χ1) is 6.68. The van der Waals surface area contributed by atoms with Gasteiger partial charge in [0.15, 0.2) is 0 Å². The third-order valence-electron chi connectivity index (χ3n) is 2.33. The molecule has 1 fully saturated rings. The van der Waals surface area contributed by atoms with Crippen LogP contribution in [0.5, 0.6) is 0 Å². The summed E-state index contributed by atoms with van der Waals surface area (Å²) >= 11 is 0. The zero-order valence-corrected chi connectivity index (χ0v) is 8.03. The van der Waals surface area contributed by atoms with Crippen molar-refractivity contribution < 1.29 is 14.7 Å². The van der Waals surface area contributed by atoms with Crippen LogP contribution in [0.2, 0.25) is 0 Å². The van der Waals surface area contributed by atoms with Crippen LogP contribution in [0.25, 0.3) is 0 Å². The summed E-state index contributed by atoms with van der Waals surface area (Å²) in [4.78, 5) is 21.3. The van der Waals surface area contributed by atoms with Crippen molar-refractivity contribution in [1.29, 1.82) is 0 Å². The van der Waals surface area contributed by atoms with Gasteiger partial charge in [0.25, 0.3) is 0 Å². The van der Waals surface area contributed by atoms with Gasteiger partial charge in [0.1, 0.15) is 0 Å². The number of nitrogens with one attached hydrogen (secondary N) is 1. The Labute approximate surface area is 83.0 Å². The average molecular weight is 197 g/mol. The first-order valence-electron chi connectivity index (χ1n) is 4.90. The van der Waals surface area contributed by atoms with Gasteiger partial charge in [0.2, 0.25) is 5.91 Å². The van der Waals surface area contributed by atoms with Crippen LogP contribution in [0.1, 0.15) is 32.1 Å². The molecule has 0 heterocycles. The molecule has 0 bridgehead atoms. The number of carbonyl (C=O) groups excluding carboxylic acids is 1. The molecule has 4 heteroatoms. The van der Waals surface area contributed by atoms with Crippen molar-refractivity contribution in [2.75, 3.05) is 0 Å². The SMILES string of the molecule is O=C(O)/C=C/C(=O)NC1CCCCC1. The molecule has 78 valence electrons. The van der Waals surface area contributed by atoms with Crippen molar-refractivity contribution in [3.8, 4) is 0 Å². The molecule has 14 heavy (non-hydrogen) atoms. The second kappa shape index (κ2) is 5.42. The van der Waals surface area contributed by atoms with Crippen molar-refractivity contribution in [2.45, 2.75) is 38.1 Å². The van der Waals surface area contributed by atoms with E-state index in [4.69, 9.17) is 5.11 Å². The number of aliphatic carboxylic acids is 1. The van der Waals surface area contributed by atoms with Crippen LogP contribution in [0.4, 0.5) is 0 Å².